The predicted molar refractivity (Wildman–Crippen MR) is 146 cm³/mol. The third kappa shape index (κ3) is 7.87. The van der Waals surface area contributed by atoms with Gasteiger partial charge in [-0.1, -0.05) is 48.5 Å². The lowest BCUT2D eigenvalue weighted by Crippen LogP contribution is -2.22. The van der Waals surface area contributed by atoms with E-state index >= 15 is 0 Å². The van der Waals surface area contributed by atoms with Gasteiger partial charge in [0, 0.05) is 24.2 Å². The molecule has 0 aromatic heterocycles. The zero-order valence-corrected chi connectivity index (χ0v) is 21.2. The van der Waals surface area contributed by atoms with E-state index in [2.05, 4.69) is 10.6 Å². The lowest BCUT2D eigenvalue weighted by atomic mass is 10.1. The molecule has 0 saturated carbocycles. The average Bonchev–Trinajstić information content (AvgIpc) is 3.00. The molecule has 0 bridgehead atoms. The summed E-state index contributed by atoms with van der Waals surface area (Å²) in [5, 5.41) is 23.5. The fraction of sp³-hybridized carbons (Fsp3) is 0.125. The zero-order valence-electron chi connectivity index (χ0n) is 21.2. The third-order valence-corrected chi connectivity index (χ3v) is 6.04. The van der Waals surface area contributed by atoms with E-state index in [1.54, 1.807) is 48.5 Å². The topological polar surface area (TPSA) is 115 Å². The molecule has 4 aromatic rings. The Morgan fingerprint density at radius 3 is 1.21 bits per heavy atom. The quantitative estimate of drug-likeness (QED) is 0.309. The van der Waals surface area contributed by atoms with Crippen molar-refractivity contribution in [1.29, 1.82) is 10.5 Å². The van der Waals surface area contributed by atoms with Crippen molar-refractivity contribution in [2.75, 3.05) is 0 Å². The van der Waals surface area contributed by atoms with Gasteiger partial charge in [-0.2, -0.15) is 10.5 Å². The molecule has 0 saturated heterocycles. The minimum Gasteiger partial charge on any atom is -0.372 e. The van der Waals surface area contributed by atoms with Crippen LogP contribution in [0.4, 0.5) is 0 Å². The van der Waals surface area contributed by atoms with Crippen LogP contribution < -0.4 is 10.6 Å². The Morgan fingerprint density at radius 1 is 0.538 bits per heavy atom. The molecular weight excluding hydrogens is 488 g/mol. The molecule has 0 aliphatic carbocycles. The monoisotopic (exact) mass is 514 g/mol. The largest absolute Gasteiger partial charge is 0.372 e. The number of ether oxygens (including phenoxy) is 1. The van der Waals surface area contributed by atoms with Crippen molar-refractivity contribution in [1.82, 2.24) is 10.6 Å². The van der Waals surface area contributed by atoms with Crippen molar-refractivity contribution >= 4 is 11.8 Å². The highest BCUT2D eigenvalue weighted by Crippen LogP contribution is 2.11. The standard InChI is InChI=1S/C32H26N4O3/c33-17-23-9-13-29(14-10-23)31(37)35-19-25-1-5-27(6-2-25)21-39-22-28-7-3-26(4-8-28)20-36-32(38)30-15-11-24(18-34)12-16-30/h1-16H,19-22H2,(H,35,37)(H,36,38). The van der Waals surface area contributed by atoms with Crippen LogP contribution in [0.15, 0.2) is 97.1 Å². The SMILES string of the molecule is N#Cc1ccc(C(=O)NCc2ccc(COCc3ccc(CNC(=O)c4ccc(C#N)cc4)cc3)cc2)cc1. The van der Waals surface area contributed by atoms with Gasteiger partial charge in [-0.3, -0.25) is 9.59 Å². The Bertz CT molecular complexity index is 1380. The highest BCUT2D eigenvalue weighted by atomic mass is 16.5. The lowest BCUT2D eigenvalue weighted by molar-refractivity contribution is 0.0943. The summed E-state index contributed by atoms with van der Waals surface area (Å²) in [4.78, 5) is 24.6. The first kappa shape index (κ1) is 26.8. The summed E-state index contributed by atoms with van der Waals surface area (Å²) in [6.07, 6.45) is 0. The normalized spacial score (nSPS) is 10.2. The van der Waals surface area contributed by atoms with Crippen LogP contribution in [0.1, 0.15) is 54.1 Å². The fourth-order valence-electron chi connectivity index (χ4n) is 3.75. The van der Waals surface area contributed by atoms with E-state index in [4.69, 9.17) is 15.3 Å². The molecule has 4 rings (SSSR count). The molecule has 0 heterocycles. The minimum absolute atomic E-state index is 0.188. The third-order valence-electron chi connectivity index (χ3n) is 6.04. The van der Waals surface area contributed by atoms with Crippen LogP contribution in [-0.4, -0.2) is 11.8 Å². The van der Waals surface area contributed by atoms with Crippen molar-refractivity contribution in [3.63, 3.8) is 0 Å². The number of nitrogens with zero attached hydrogens (tertiary/aromatic N) is 2. The number of rotatable bonds is 10. The number of hydrogen-bond acceptors (Lipinski definition) is 5. The Kier molecular flexibility index (Phi) is 9.18. The maximum Gasteiger partial charge on any atom is 0.251 e. The fourth-order valence-corrected chi connectivity index (χ4v) is 3.75. The number of benzene rings is 4. The summed E-state index contributed by atoms with van der Waals surface area (Å²) >= 11 is 0. The summed E-state index contributed by atoms with van der Waals surface area (Å²) < 4.78 is 5.85. The van der Waals surface area contributed by atoms with Gasteiger partial charge in [0.1, 0.15) is 0 Å². The van der Waals surface area contributed by atoms with E-state index in [0.29, 0.717) is 48.6 Å². The van der Waals surface area contributed by atoms with Gasteiger partial charge in [0.05, 0.1) is 36.5 Å². The number of nitrogens with one attached hydrogen (secondary N) is 2. The highest BCUT2D eigenvalue weighted by Gasteiger charge is 2.07. The first-order valence-corrected chi connectivity index (χ1v) is 12.3. The molecule has 0 unspecified atom stereocenters. The molecule has 0 spiro atoms. The minimum atomic E-state index is -0.188. The maximum atomic E-state index is 12.3. The van der Waals surface area contributed by atoms with Gasteiger partial charge in [0.25, 0.3) is 11.8 Å². The summed E-state index contributed by atoms with van der Waals surface area (Å²) in [6.45, 7) is 1.72. The van der Waals surface area contributed by atoms with Gasteiger partial charge in [0.2, 0.25) is 0 Å². The van der Waals surface area contributed by atoms with Crippen LogP contribution in [0.3, 0.4) is 0 Å². The van der Waals surface area contributed by atoms with Crippen molar-refractivity contribution in [3.8, 4) is 12.1 Å². The van der Waals surface area contributed by atoms with Crippen molar-refractivity contribution in [2.24, 2.45) is 0 Å². The Morgan fingerprint density at radius 2 is 0.872 bits per heavy atom. The van der Waals surface area contributed by atoms with Gasteiger partial charge >= 0.3 is 0 Å². The Balaban J connectivity index is 1.17. The summed E-state index contributed by atoms with van der Waals surface area (Å²) in [6, 6.07) is 32.8. The van der Waals surface area contributed by atoms with E-state index in [9.17, 15) is 9.59 Å². The molecule has 2 amide bonds. The smallest absolute Gasteiger partial charge is 0.251 e. The maximum absolute atomic E-state index is 12.3. The van der Waals surface area contributed by atoms with Crippen LogP contribution in [0.25, 0.3) is 0 Å². The van der Waals surface area contributed by atoms with Crippen LogP contribution in [0.2, 0.25) is 0 Å². The molecule has 4 aromatic carbocycles. The highest BCUT2D eigenvalue weighted by molar-refractivity contribution is 5.94. The second kappa shape index (κ2) is 13.3. The molecule has 192 valence electrons. The van der Waals surface area contributed by atoms with Crippen molar-refractivity contribution < 1.29 is 14.3 Å². The number of hydrogen-bond donors (Lipinski definition) is 2. The van der Waals surface area contributed by atoms with E-state index < -0.39 is 0 Å². The molecule has 2 N–H and O–H groups in total. The van der Waals surface area contributed by atoms with Gasteiger partial charge in [-0.15, -0.1) is 0 Å². The number of nitriles is 2. The lowest BCUT2D eigenvalue weighted by Gasteiger charge is -2.09. The van der Waals surface area contributed by atoms with Gasteiger partial charge < -0.3 is 15.4 Å². The van der Waals surface area contributed by atoms with Gasteiger partial charge in [0.15, 0.2) is 0 Å². The molecule has 7 nitrogen and oxygen atoms in total. The van der Waals surface area contributed by atoms with Crippen LogP contribution in [0.5, 0.6) is 0 Å². The van der Waals surface area contributed by atoms with E-state index in [-0.39, 0.29) is 11.8 Å². The molecule has 0 radical (unpaired) electrons. The Labute approximate surface area is 227 Å². The molecule has 0 atom stereocenters. The second-order valence-electron chi connectivity index (χ2n) is 8.87. The number of carbonyl (C=O) groups is 2. The molecule has 7 heteroatoms. The second-order valence-corrected chi connectivity index (χ2v) is 8.87. The summed E-state index contributed by atoms with van der Waals surface area (Å²) in [5.74, 6) is -0.377. The Hall–Kier alpha value is -5.24. The molecular formula is C32H26N4O3. The first-order chi connectivity index (χ1) is 19.0. The van der Waals surface area contributed by atoms with Gasteiger partial charge in [-0.05, 0) is 70.8 Å². The summed E-state index contributed by atoms with van der Waals surface area (Å²) in [7, 11) is 0. The predicted octanol–water partition coefficient (Wildman–Crippen LogP) is 5.01. The van der Waals surface area contributed by atoms with Crippen LogP contribution >= 0.6 is 0 Å². The molecule has 0 fully saturated rings. The van der Waals surface area contributed by atoms with Gasteiger partial charge in [-0.25, -0.2) is 0 Å². The van der Waals surface area contributed by atoms with E-state index in [1.165, 1.54) is 0 Å². The first-order valence-electron chi connectivity index (χ1n) is 12.3. The van der Waals surface area contributed by atoms with E-state index in [0.717, 1.165) is 22.3 Å². The average molecular weight is 515 g/mol. The summed E-state index contributed by atoms with van der Waals surface area (Å²) in [5.41, 5.74) is 6.07. The number of amides is 2. The molecule has 0 aliphatic heterocycles. The number of carbonyl (C=O) groups excluding carboxylic acids is 2. The van der Waals surface area contributed by atoms with Crippen molar-refractivity contribution in [3.05, 3.63) is 142 Å². The molecule has 39 heavy (non-hydrogen) atoms. The van der Waals surface area contributed by atoms with Crippen LogP contribution in [0, 0.1) is 22.7 Å². The van der Waals surface area contributed by atoms with Crippen molar-refractivity contribution in [2.45, 2.75) is 26.3 Å². The zero-order chi connectivity index (χ0) is 27.5. The van der Waals surface area contributed by atoms with E-state index in [1.807, 2.05) is 60.7 Å². The van der Waals surface area contributed by atoms with Crippen LogP contribution in [-0.2, 0) is 31.0 Å². The molecule has 0 aliphatic rings.